The van der Waals surface area contributed by atoms with Gasteiger partial charge in [-0.25, -0.2) is 0 Å². The average Bonchev–Trinajstić information content (AvgIpc) is 2.45. The van der Waals surface area contributed by atoms with Crippen LogP contribution >= 0.6 is 0 Å². The van der Waals surface area contributed by atoms with E-state index >= 15 is 0 Å². The van der Waals surface area contributed by atoms with Gasteiger partial charge in [0, 0.05) is 18.8 Å². The maximum atomic E-state index is 9.72. The van der Waals surface area contributed by atoms with Gasteiger partial charge in [0.1, 0.15) is 0 Å². The Balaban J connectivity index is 2.41. The summed E-state index contributed by atoms with van der Waals surface area (Å²) in [7, 11) is 0. The summed E-state index contributed by atoms with van der Waals surface area (Å²) in [5.41, 5.74) is 6.91. The molecule has 4 heteroatoms. The second-order valence-corrected chi connectivity index (χ2v) is 4.45. The highest BCUT2D eigenvalue weighted by atomic mass is 16.3. The highest BCUT2D eigenvalue weighted by Gasteiger charge is 2.17. The summed E-state index contributed by atoms with van der Waals surface area (Å²) < 4.78 is 1.97. The lowest BCUT2D eigenvalue weighted by Crippen LogP contribution is -2.34. The van der Waals surface area contributed by atoms with Gasteiger partial charge in [0.2, 0.25) is 0 Å². The third-order valence-electron chi connectivity index (χ3n) is 2.63. The predicted octanol–water partition coefficient (Wildman–Crippen LogP) is 0.990. The second kappa shape index (κ2) is 4.77. The van der Waals surface area contributed by atoms with Crippen LogP contribution in [0.15, 0.2) is 6.07 Å². The zero-order chi connectivity index (χ0) is 11.5. The molecule has 1 rings (SSSR count). The Morgan fingerprint density at radius 1 is 1.53 bits per heavy atom. The van der Waals surface area contributed by atoms with Crippen LogP contribution in [0.25, 0.3) is 0 Å². The molecule has 4 nitrogen and oxygen atoms in total. The van der Waals surface area contributed by atoms with E-state index in [1.165, 1.54) is 5.69 Å². The van der Waals surface area contributed by atoms with Gasteiger partial charge in [-0.05, 0) is 39.7 Å². The van der Waals surface area contributed by atoms with Crippen molar-refractivity contribution in [2.75, 3.05) is 6.54 Å². The van der Waals surface area contributed by atoms with Gasteiger partial charge in [0.25, 0.3) is 0 Å². The van der Waals surface area contributed by atoms with Gasteiger partial charge >= 0.3 is 0 Å². The number of nitrogens with zero attached hydrogens (tertiary/aromatic N) is 2. The van der Waals surface area contributed by atoms with Crippen molar-refractivity contribution in [1.29, 1.82) is 0 Å². The molecule has 0 fully saturated rings. The maximum Gasteiger partial charge on any atom is 0.0742 e. The van der Waals surface area contributed by atoms with Crippen LogP contribution in [0.2, 0.25) is 0 Å². The number of aliphatic hydroxyl groups is 1. The third kappa shape index (κ3) is 3.64. The van der Waals surface area contributed by atoms with Crippen molar-refractivity contribution < 1.29 is 5.11 Å². The van der Waals surface area contributed by atoms with Gasteiger partial charge in [-0.1, -0.05) is 0 Å². The molecule has 0 saturated carbocycles. The molecule has 1 aromatic heterocycles. The van der Waals surface area contributed by atoms with Gasteiger partial charge in [-0.2, -0.15) is 5.10 Å². The van der Waals surface area contributed by atoms with Crippen LogP contribution in [0.1, 0.15) is 31.2 Å². The molecule has 0 aliphatic heterocycles. The van der Waals surface area contributed by atoms with Crippen molar-refractivity contribution in [1.82, 2.24) is 9.78 Å². The van der Waals surface area contributed by atoms with Crippen LogP contribution in [0.3, 0.4) is 0 Å². The smallest absolute Gasteiger partial charge is 0.0742 e. The minimum Gasteiger partial charge on any atom is -0.389 e. The molecule has 0 radical (unpaired) electrons. The Kier molecular flexibility index (Phi) is 3.88. The van der Waals surface area contributed by atoms with Crippen LogP contribution < -0.4 is 5.73 Å². The van der Waals surface area contributed by atoms with Crippen molar-refractivity contribution in [3.05, 3.63) is 17.5 Å². The van der Waals surface area contributed by atoms with Crippen LogP contribution in [0, 0.1) is 13.8 Å². The molecule has 1 aromatic rings. The van der Waals surface area contributed by atoms with E-state index in [4.69, 9.17) is 5.73 Å². The zero-order valence-electron chi connectivity index (χ0n) is 9.82. The first kappa shape index (κ1) is 12.2. The first-order chi connectivity index (χ1) is 6.94. The first-order valence-corrected chi connectivity index (χ1v) is 5.38. The number of nitrogens with two attached hydrogens (primary N) is 1. The molecule has 1 atom stereocenters. The summed E-state index contributed by atoms with van der Waals surface area (Å²) in [5, 5.41) is 14.1. The Hall–Kier alpha value is -0.870. The van der Waals surface area contributed by atoms with Crippen molar-refractivity contribution in [3.8, 4) is 0 Å². The summed E-state index contributed by atoms with van der Waals surface area (Å²) in [6.45, 7) is 6.95. The summed E-state index contributed by atoms with van der Waals surface area (Å²) in [5.74, 6) is 0. The molecular formula is C11H21N3O. The largest absolute Gasteiger partial charge is 0.389 e. The number of rotatable bonds is 5. The number of aromatic nitrogens is 2. The standard InChI is InChI=1S/C11H21N3O/c1-9-7-10(2)14(13-9)6-4-5-11(3,15)8-12/h7,15H,4-6,8,12H2,1-3H3. The van der Waals surface area contributed by atoms with E-state index in [-0.39, 0.29) is 0 Å². The number of aryl methyl sites for hydroxylation is 3. The van der Waals surface area contributed by atoms with E-state index in [9.17, 15) is 5.11 Å². The Morgan fingerprint density at radius 3 is 2.67 bits per heavy atom. The monoisotopic (exact) mass is 211 g/mol. The van der Waals surface area contributed by atoms with Crippen LogP contribution in [0.4, 0.5) is 0 Å². The normalized spacial score (nSPS) is 15.3. The van der Waals surface area contributed by atoms with Gasteiger partial charge in [-0.15, -0.1) is 0 Å². The molecular weight excluding hydrogens is 190 g/mol. The van der Waals surface area contributed by atoms with Gasteiger partial charge in [-0.3, -0.25) is 4.68 Å². The minimum absolute atomic E-state index is 0.310. The molecule has 0 spiro atoms. The molecule has 15 heavy (non-hydrogen) atoms. The van der Waals surface area contributed by atoms with Crippen LogP contribution in [0.5, 0.6) is 0 Å². The van der Waals surface area contributed by atoms with Crippen molar-refractivity contribution in [3.63, 3.8) is 0 Å². The molecule has 0 aromatic carbocycles. The lowest BCUT2D eigenvalue weighted by atomic mass is 10.0. The SMILES string of the molecule is Cc1cc(C)n(CCCC(C)(O)CN)n1. The second-order valence-electron chi connectivity index (χ2n) is 4.45. The fourth-order valence-electron chi connectivity index (χ4n) is 1.61. The van der Waals surface area contributed by atoms with E-state index in [1.807, 2.05) is 18.5 Å². The fourth-order valence-corrected chi connectivity index (χ4v) is 1.61. The summed E-state index contributed by atoms with van der Waals surface area (Å²) in [4.78, 5) is 0. The predicted molar refractivity (Wildman–Crippen MR) is 60.6 cm³/mol. The van der Waals surface area contributed by atoms with E-state index in [1.54, 1.807) is 6.92 Å². The summed E-state index contributed by atoms with van der Waals surface area (Å²) in [6, 6.07) is 2.06. The molecule has 0 amide bonds. The summed E-state index contributed by atoms with van der Waals surface area (Å²) in [6.07, 6.45) is 1.61. The maximum absolute atomic E-state index is 9.72. The van der Waals surface area contributed by atoms with Gasteiger partial charge in [0.15, 0.2) is 0 Å². The van der Waals surface area contributed by atoms with Crippen molar-refractivity contribution >= 4 is 0 Å². The minimum atomic E-state index is -0.740. The first-order valence-electron chi connectivity index (χ1n) is 5.38. The molecule has 0 saturated heterocycles. The highest BCUT2D eigenvalue weighted by Crippen LogP contribution is 2.11. The lowest BCUT2D eigenvalue weighted by molar-refractivity contribution is 0.0563. The topological polar surface area (TPSA) is 64.1 Å². The number of hydrogen-bond acceptors (Lipinski definition) is 3. The summed E-state index contributed by atoms with van der Waals surface area (Å²) >= 11 is 0. The molecule has 86 valence electrons. The number of hydrogen-bond donors (Lipinski definition) is 2. The average molecular weight is 211 g/mol. The van der Waals surface area contributed by atoms with E-state index in [0.717, 1.165) is 18.7 Å². The van der Waals surface area contributed by atoms with Crippen molar-refractivity contribution in [2.45, 2.75) is 45.8 Å². The van der Waals surface area contributed by atoms with Crippen LogP contribution in [-0.4, -0.2) is 27.0 Å². The Bertz CT molecular complexity index is 318. The Labute approximate surface area is 91.1 Å². The molecule has 0 bridgehead atoms. The third-order valence-corrected chi connectivity index (χ3v) is 2.63. The zero-order valence-corrected chi connectivity index (χ0v) is 9.82. The van der Waals surface area contributed by atoms with Crippen LogP contribution in [-0.2, 0) is 6.54 Å². The molecule has 3 N–H and O–H groups in total. The molecule has 0 aliphatic carbocycles. The van der Waals surface area contributed by atoms with E-state index < -0.39 is 5.60 Å². The van der Waals surface area contributed by atoms with Gasteiger partial charge in [0.05, 0.1) is 11.3 Å². The lowest BCUT2D eigenvalue weighted by Gasteiger charge is -2.20. The molecule has 1 heterocycles. The Morgan fingerprint density at radius 2 is 2.20 bits per heavy atom. The highest BCUT2D eigenvalue weighted by molar-refractivity contribution is 5.06. The molecule has 0 aliphatic rings. The van der Waals surface area contributed by atoms with E-state index in [0.29, 0.717) is 13.0 Å². The van der Waals surface area contributed by atoms with Gasteiger partial charge < -0.3 is 10.8 Å². The quantitative estimate of drug-likeness (QED) is 0.763. The van der Waals surface area contributed by atoms with E-state index in [2.05, 4.69) is 11.2 Å². The molecule has 1 unspecified atom stereocenters. The fraction of sp³-hybridized carbons (Fsp3) is 0.727. The van der Waals surface area contributed by atoms with Crippen molar-refractivity contribution in [2.24, 2.45) is 5.73 Å².